The fourth-order valence-electron chi connectivity index (χ4n) is 3.29. The Morgan fingerprint density at radius 1 is 1.05 bits per heavy atom. The van der Waals surface area contributed by atoms with Gasteiger partial charge in [0.25, 0.3) is 0 Å². The second kappa shape index (κ2) is 5.47. The van der Waals surface area contributed by atoms with Gasteiger partial charge in [-0.3, -0.25) is 0 Å². The molecule has 1 aromatic rings. The largest absolute Gasteiger partial charge is 0.393 e. The lowest BCUT2D eigenvalue weighted by molar-refractivity contribution is 0.114. The van der Waals surface area contributed by atoms with E-state index in [4.69, 9.17) is 0 Å². The molecule has 1 unspecified atom stereocenters. The summed E-state index contributed by atoms with van der Waals surface area (Å²) in [4.78, 5) is 0.486. The van der Waals surface area contributed by atoms with Gasteiger partial charge in [-0.25, -0.2) is 8.42 Å². The van der Waals surface area contributed by atoms with Crippen molar-refractivity contribution in [1.82, 2.24) is 5.32 Å². The van der Waals surface area contributed by atoms with Crippen molar-refractivity contribution >= 4 is 9.84 Å². The zero-order valence-electron chi connectivity index (χ0n) is 11.5. The quantitative estimate of drug-likeness (QED) is 0.873. The predicted octanol–water partition coefficient (Wildman–Crippen LogP) is 1.80. The van der Waals surface area contributed by atoms with Crippen LogP contribution in [0.2, 0.25) is 0 Å². The molecule has 0 spiro atoms. The van der Waals surface area contributed by atoms with E-state index in [1.807, 2.05) is 12.1 Å². The number of rotatable bonds is 2. The maximum Gasteiger partial charge on any atom is 0.178 e. The van der Waals surface area contributed by atoms with Crippen LogP contribution in [-0.2, 0) is 9.84 Å². The third kappa shape index (κ3) is 2.75. The van der Waals surface area contributed by atoms with Gasteiger partial charge in [-0.15, -0.1) is 0 Å². The van der Waals surface area contributed by atoms with E-state index in [1.54, 1.807) is 12.1 Å². The first-order valence-electron chi connectivity index (χ1n) is 7.32. The van der Waals surface area contributed by atoms with Crippen LogP contribution in [0.3, 0.4) is 0 Å². The average Bonchev–Trinajstić information content (AvgIpc) is 2.45. The highest BCUT2D eigenvalue weighted by atomic mass is 32.2. The van der Waals surface area contributed by atoms with Crippen molar-refractivity contribution in [3.8, 4) is 0 Å². The highest BCUT2D eigenvalue weighted by Crippen LogP contribution is 2.33. The van der Waals surface area contributed by atoms with Gasteiger partial charge in [0.15, 0.2) is 9.84 Å². The summed E-state index contributed by atoms with van der Waals surface area (Å²) in [5.74, 6) is 0.219. The molecular weight excluding hydrogens is 274 g/mol. The number of benzene rings is 1. The van der Waals surface area contributed by atoms with E-state index in [2.05, 4.69) is 5.32 Å². The number of aliphatic hydroxyl groups is 1. The summed E-state index contributed by atoms with van der Waals surface area (Å²) in [6, 6.07) is 7.83. The molecule has 1 fully saturated rings. The summed E-state index contributed by atoms with van der Waals surface area (Å²) in [5, 5.41) is 13.1. The molecule has 0 radical (unpaired) electrons. The lowest BCUT2D eigenvalue weighted by atomic mass is 9.91. The van der Waals surface area contributed by atoms with E-state index in [1.165, 1.54) is 0 Å². The topological polar surface area (TPSA) is 66.4 Å². The molecule has 1 aliphatic carbocycles. The summed E-state index contributed by atoms with van der Waals surface area (Å²) in [6.07, 6.45) is 4.08. The van der Waals surface area contributed by atoms with E-state index in [0.717, 1.165) is 31.2 Å². The van der Waals surface area contributed by atoms with Gasteiger partial charge >= 0.3 is 0 Å². The Balaban J connectivity index is 1.79. The monoisotopic (exact) mass is 295 g/mol. The van der Waals surface area contributed by atoms with E-state index < -0.39 is 9.84 Å². The van der Waals surface area contributed by atoms with Crippen LogP contribution in [0.25, 0.3) is 0 Å². The molecule has 0 amide bonds. The normalized spacial score (nSPS) is 32.5. The lowest BCUT2D eigenvalue weighted by Gasteiger charge is -2.33. The van der Waals surface area contributed by atoms with Crippen molar-refractivity contribution in [3.63, 3.8) is 0 Å². The van der Waals surface area contributed by atoms with Crippen LogP contribution >= 0.6 is 0 Å². The van der Waals surface area contributed by atoms with Crippen LogP contribution in [0.1, 0.15) is 43.7 Å². The van der Waals surface area contributed by atoms with Crippen molar-refractivity contribution < 1.29 is 13.5 Å². The Labute approximate surface area is 120 Å². The Bertz CT molecular complexity index is 577. The van der Waals surface area contributed by atoms with E-state index in [0.29, 0.717) is 17.4 Å². The summed E-state index contributed by atoms with van der Waals surface area (Å²) >= 11 is 0. The minimum Gasteiger partial charge on any atom is -0.393 e. The third-order valence-corrected chi connectivity index (χ3v) is 6.25. The highest BCUT2D eigenvalue weighted by molar-refractivity contribution is 7.91. The van der Waals surface area contributed by atoms with Crippen LogP contribution in [0, 0.1) is 0 Å². The lowest BCUT2D eigenvalue weighted by Crippen LogP contribution is -2.39. The van der Waals surface area contributed by atoms with Gasteiger partial charge in [0, 0.05) is 12.1 Å². The van der Waals surface area contributed by atoms with Gasteiger partial charge < -0.3 is 10.4 Å². The van der Waals surface area contributed by atoms with Crippen LogP contribution in [-0.4, -0.2) is 31.4 Å². The molecule has 2 aliphatic rings. The number of fused-ring (bicyclic) bond motifs is 1. The van der Waals surface area contributed by atoms with Crippen LogP contribution in [0.4, 0.5) is 0 Å². The van der Waals surface area contributed by atoms with Crippen molar-refractivity contribution in [1.29, 1.82) is 0 Å². The first-order chi connectivity index (χ1) is 9.56. The van der Waals surface area contributed by atoms with Crippen LogP contribution < -0.4 is 5.32 Å². The van der Waals surface area contributed by atoms with Gasteiger partial charge in [-0.2, -0.15) is 0 Å². The molecular formula is C15H21NO3S. The van der Waals surface area contributed by atoms with Gasteiger partial charge in [0.1, 0.15) is 0 Å². The number of hydrogen-bond donors (Lipinski definition) is 2. The second-order valence-corrected chi connectivity index (χ2v) is 7.95. The Kier molecular flexibility index (Phi) is 3.84. The molecule has 3 rings (SSSR count). The standard InChI is InChI=1S/C15H21NO3S/c17-12-7-5-11(6-8-12)16-14-9-10-20(18,19)15-4-2-1-3-13(14)15/h1-4,11-12,14,16-17H,5-10H2. The Morgan fingerprint density at radius 3 is 2.50 bits per heavy atom. The summed E-state index contributed by atoms with van der Waals surface area (Å²) < 4.78 is 24.2. The minimum absolute atomic E-state index is 0.120. The molecule has 0 bridgehead atoms. The maximum atomic E-state index is 12.1. The number of aliphatic hydroxyl groups excluding tert-OH is 1. The molecule has 1 heterocycles. The number of hydrogen-bond acceptors (Lipinski definition) is 4. The van der Waals surface area contributed by atoms with Gasteiger partial charge in [0.2, 0.25) is 0 Å². The van der Waals surface area contributed by atoms with Gasteiger partial charge in [-0.05, 0) is 43.7 Å². The third-order valence-electron chi connectivity index (χ3n) is 4.44. The zero-order valence-corrected chi connectivity index (χ0v) is 12.3. The van der Waals surface area contributed by atoms with Crippen molar-refractivity contribution in [2.45, 2.75) is 55.2 Å². The summed E-state index contributed by atoms with van der Waals surface area (Å²) in [7, 11) is -3.10. The first-order valence-corrected chi connectivity index (χ1v) is 8.97. The smallest absolute Gasteiger partial charge is 0.178 e. The SMILES string of the molecule is O=S1(=O)CCC(NC2CCC(O)CC2)c2ccccc21. The van der Waals surface area contributed by atoms with Gasteiger partial charge in [0.05, 0.1) is 16.8 Å². The van der Waals surface area contributed by atoms with Gasteiger partial charge in [-0.1, -0.05) is 18.2 Å². The van der Waals surface area contributed by atoms with Crippen molar-refractivity contribution in [2.75, 3.05) is 5.75 Å². The zero-order chi connectivity index (χ0) is 14.2. The van der Waals surface area contributed by atoms with Crippen LogP contribution in [0.5, 0.6) is 0 Å². The number of sulfone groups is 1. The highest BCUT2D eigenvalue weighted by Gasteiger charge is 2.31. The van der Waals surface area contributed by atoms with Crippen LogP contribution in [0.15, 0.2) is 29.2 Å². The molecule has 1 saturated carbocycles. The first kappa shape index (κ1) is 14.0. The summed E-state index contributed by atoms with van der Waals surface area (Å²) in [5.41, 5.74) is 0.907. The molecule has 1 aliphatic heterocycles. The molecule has 1 aromatic carbocycles. The minimum atomic E-state index is -3.10. The molecule has 20 heavy (non-hydrogen) atoms. The molecule has 2 N–H and O–H groups in total. The fourth-order valence-corrected chi connectivity index (χ4v) is 4.91. The molecule has 0 aromatic heterocycles. The fraction of sp³-hybridized carbons (Fsp3) is 0.600. The Hall–Kier alpha value is -0.910. The van der Waals surface area contributed by atoms with E-state index in [9.17, 15) is 13.5 Å². The van der Waals surface area contributed by atoms with Crippen molar-refractivity contribution in [3.05, 3.63) is 29.8 Å². The van der Waals surface area contributed by atoms with E-state index in [-0.39, 0.29) is 17.9 Å². The summed E-state index contributed by atoms with van der Waals surface area (Å²) in [6.45, 7) is 0. The molecule has 5 heteroatoms. The van der Waals surface area contributed by atoms with E-state index >= 15 is 0 Å². The molecule has 110 valence electrons. The maximum absolute atomic E-state index is 12.1. The molecule has 4 nitrogen and oxygen atoms in total. The second-order valence-electron chi connectivity index (χ2n) is 5.87. The number of nitrogens with one attached hydrogen (secondary N) is 1. The van der Waals surface area contributed by atoms with Crippen molar-refractivity contribution in [2.24, 2.45) is 0 Å². The Morgan fingerprint density at radius 2 is 1.75 bits per heavy atom. The predicted molar refractivity (Wildman–Crippen MR) is 77.3 cm³/mol. The molecule has 1 atom stereocenters. The average molecular weight is 295 g/mol. The molecule has 0 saturated heterocycles.